The molecule has 0 amide bonds. The van der Waals surface area contributed by atoms with E-state index in [0.717, 1.165) is 31.4 Å². The van der Waals surface area contributed by atoms with Crippen molar-refractivity contribution in [1.29, 1.82) is 0 Å². The lowest BCUT2D eigenvalue weighted by molar-refractivity contribution is -0.137. The smallest absolute Gasteiger partial charge is 0.303 e. The topological polar surface area (TPSA) is 53.4 Å². The summed E-state index contributed by atoms with van der Waals surface area (Å²) in [5, 5.41) is 8.84. The van der Waals surface area contributed by atoms with Crippen LogP contribution < -0.4 is 0 Å². The van der Waals surface area contributed by atoms with Crippen LogP contribution in [0.2, 0.25) is 0 Å². The van der Waals surface area contributed by atoms with Crippen LogP contribution in [0.3, 0.4) is 0 Å². The summed E-state index contributed by atoms with van der Waals surface area (Å²) in [7, 11) is 0. The molecule has 4 nitrogen and oxygen atoms in total. The number of piperidine rings is 1. The van der Waals surface area contributed by atoms with Crippen molar-refractivity contribution in [3.05, 3.63) is 29.8 Å². The van der Waals surface area contributed by atoms with Crippen molar-refractivity contribution in [2.45, 2.75) is 51.1 Å². The van der Waals surface area contributed by atoms with Gasteiger partial charge in [-0.25, -0.2) is 4.39 Å². The van der Waals surface area contributed by atoms with Gasteiger partial charge in [-0.1, -0.05) is 6.42 Å². The number of carbonyl (C=O) groups is 1. The molecule has 2 atom stereocenters. The fourth-order valence-corrected chi connectivity index (χ4v) is 2.98. The Morgan fingerprint density at radius 1 is 1.55 bits per heavy atom. The third-order valence-electron chi connectivity index (χ3n) is 4.07. The number of pyridine rings is 1. The minimum atomic E-state index is -0.754. The Hall–Kier alpha value is -1.49. The lowest BCUT2D eigenvalue weighted by Gasteiger charge is -2.40. The number of carboxylic acid groups (broad SMARTS) is 1. The van der Waals surface area contributed by atoms with Gasteiger partial charge in [-0.3, -0.25) is 14.7 Å². The van der Waals surface area contributed by atoms with Gasteiger partial charge in [-0.2, -0.15) is 0 Å². The molecule has 1 aliphatic rings. The molecule has 0 bridgehead atoms. The Bertz CT molecular complexity index is 467. The highest BCUT2D eigenvalue weighted by atomic mass is 19.1. The van der Waals surface area contributed by atoms with Crippen molar-refractivity contribution in [2.24, 2.45) is 0 Å². The number of carboxylic acids is 1. The average molecular weight is 280 g/mol. The Balaban J connectivity index is 2.08. The number of nitrogens with zero attached hydrogens (tertiary/aromatic N) is 2. The fourth-order valence-electron chi connectivity index (χ4n) is 2.98. The van der Waals surface area contributed by atoms with Gasteiger partial charge >= 0.3 is 5.97 Å². The van der Waals surface area contributed by atoms with Gasteiger partial charge in [0.15, 0.2) is 0 Å². The summed E-state index contributed by atoms with van der Waals surface area (Å²) in [6.07, 6.45) is 6.99. The third kappa shape index (κ3) is 3.76. The number of hydrogen-bond donors (Lipinski definition) is 1. The van der Waals surface area contributed by atoms with Crippen molar-refractivity contribution in [3.63, 3.8) is 0 Å². The summed E-state index contributed by atoms with van der Waals surface area (Å²) in [4.78, 5) is 17.0. The van der Waals surface area contributed by atoms with Gasteiger partial charge in [0.25, 0.3) is 0 Å². The first-order valence-electron chi connectivity index (χ1n) is 7.16. The molecule has 0 radical (unpaired) electrons. The van der Waals surface area contributed by atoms with Crippen LogP contribution >= 0.6 is 0 Å². The molecule has 2 rings (SSSR count). The van der Waals surface area contributed by atoms with E-state index in [9.17, 15) is 9.18 Å². The maximum atomic E-state index is 13.3. The van der Waals surface area contributed by atoms with Crippen LogP contribution in [0.1, 0.15) is 50.6 Å². The van der Waals surface area contributed by atoms with E-state index in [4.69, 9.17) is 5.11 Å². The Labute approximate surface area is 118 Å². The molecule has 1 aliphatic heterocycles. The van der Waals surface area contributed by atoms with Crippen LogP contribution in [-0.2, 0) is 4.79 Å². The van der Waals surface area contributed by atoms with E-state index in [0.29, 0.717) is 6.42 Å². The first kappa shape index (κ1) is 14.9. The molecule has 1 N–H and O–H groups in total. The number of aromatic nitrogens is 1. The molecule has 0 spiro atoms. The standard InChI is InChI=1S/C15H21FN2O2/c1-11(12-8-13(16)10-17-9-12)18-7-3-2-4-14(18)5-6-15(19)20/h8-11,14H,2-7H2,1H3,(H,19,20). The van der Waals surface area contributed by atoms with Gasteiger partial charge in [-0.15, -0.1) is 0 Å². The Morgan fingerprint density at radius 3 is 3.05 bits per heavy atom. The summed E-state index contributed by atoms with van der Waals surface area (Å²) < 4.78 is 13.3. The molecular formula is C15H21FN2O2. The highest BCUT2D eigenvalue weighted by Gasteiger charge is 2.27. The van der Waals surface area contributed by atoms with Crippen LogP contribution in [0.4, 0.5) is 4.39 Å². The number of aliphatic carboxylic acids is 1. The molecule has 0 saturated carbocycles. The van der Waals surface area contributed by atoms with Gasteiger partial charge < -0.3 is 5.11 Å². The molecule has 2 heterocycles. The maximum Gasteiger partial charge on any atom is 0.303 e. The SMILES string of the molecule is CC(c1cncc(F)c1)N1CCCCC1CCC(=O)O. The Morgan fingerprint density at radius 2 is 2.35 bits per heavy atom. The molecule has 5 heteroatoms. The molecule has 1 aromatic heterocycles. The predicted octanol–water partition coefficient (Wildman–Crippen LogP) is 3.00. The van der Waals surface area contributed by atoms with E-state index in [1.165, 1.54) is 12.3 Å². The second-order valence-corrected chi connectivity index (χ2v) is 5.43. The van der Waals surface area contributed by atoms with E-state index in [1.807, 2.05) is 6.92 Å². The van der Waals surface area contributed by atoms with Gasteiger partial charge in [0.2, 0.25) is 0 Å². The first-order valence-corrected chi connectivity index (χ1v) is 7.16. The zero-order valence-corrected chi connectivity index (χ0v) is 11.8. The summed E-state index contributed by atoms with van der Waals surface area (Å²) in [6, 6.07) is 1.84. The lowest BCUT2D eigenvalue weighted by Crippen LogP contribution is -2.41. The van der Waals surface area contributed by atoms with Crippen molar-refractivity contribution >= 4 is 5.97 Å². The maximum absolute atomic E-state index is 13.3. The van der Waals surface area contributed by atoms with Crippen LogP contribution in [0, 0.1) is 5.82 Å². The summed E-state index contributed by atoms with van der Waals surface area (Å²) in [5.74, 6) is -1.08. The molecule has 1 fully saturated rings. The van der Waals surface area contributed by atoms with Gasteiger partial charge in [0.1, 0.15) is 5.82 Å². The molecular weight excluding hydrogens is 259 g/mol. The van der Waals surface area contributed by atoms with Gasteiger partial charge in [0, 0.05) is 24.7 Å². The minimum Gasteiger partial charge on any atom is -0.481 e. The van der Waals surface area contributed by atoms with Crippen LogP contribution in [-0.4, -0.2) is 33.5 Å². The average Bonchev–Trinajstić information content (AvgIpc) is 2.44. The molecule has 0 aromatic carbocycles. The second-order valence-electron chi connectivity index (χ2n) is 5.43. The summed E-state index contributed by atoms with van der Waals surface area (Å²) in [6.45, 7) is 2.97. The van der Waals surface area contributed by atoms with Gasteiger partial charge in [-0.05, 0) is 44.4 Å². The lowest BCUT2D eigenvalue weighted by atomic mass is 9.94. The molecule has 0 aliphatic carbocycles. The molecule has 1 aromatic rings. The monoisotopic (exact) mass is 280 g/mol. The summed E-state index contributed by atoms with van der Waals surface area (Å²) >= 11 is 0. The quantitative estimate of drug-likeness (QED) is 0.901. The van der Waals surface area contributed by atoms with Crippen molar-refractivity contribution < 1.29 is 14.3 Å². The van der Waals surface area contributed by atoms with Crippen LogP contribution in [0.5, 0.6) is 0 Å². The molecule has 2 unspecified atom stereocenters. The first-order chi connectivity index (χ1) is 9.58. The van der Waals surface area contributed by atoms with E-state index < -0.39 is 5.97 Å². The third-order valence-corrected chi connectivity index (χ3v) is 4.07. The van der Waals surface area contributed by atoms with Crippen molar-refractivity contribution in [2.75, 3.05) is 6.54 Å². The highest BCUT2D eigenvalue weighted by molar-refractivity contribution is 5.66. The second kappa shape index (κ2) is 6.79. The van der Waals surface area contributed by atoms with Crippen molar-refractivity contribution in [1.82, 2.24) is 9.88 Å². The minimum absolute atomic E-state index is 0.0669. The van der Waals surface area contributed by atoms with Crippen molar-refractivity contribution in [3.8, 4) is 0 Å². The van der Waals surface area contributed by atoms with E-state index in [1.54, 1.807) is 6.20 Å². The number of rotatable bonds is 5. The largest absolute Gasteiger partial charge is 0.481 e. The summed E-state index contributed by atoms with van der Waals surface area (Å²) in [5.41, 5.74) is 0.854. The number of hydrogen-bond acceptors (Lipinski definition) is 3. The van der Waals surface area contributed by atoms with Crippen LogP contribution in [0.15, 0.2) is 18.5 Å². The van der Waals surface area contributed by atoms with E-state index in [2.05, 4.69) is 9.88 Å². The Kier molecular flexibility index (Phi) is 5.06. The molecule has 1 saturated heterocycles. The number of halogens is 1. The van der Waals surface area contributed by atoms with Gasteiger partial charge in [0.05, 0.1) is 6.20 Å². The normalized spacial score (nSPS) is 21.6. The van der Waals surface area contributed by atoms with E-state index in [-0.39, 0.29) is 24.3 Å². The van der Waals surface area contributed by atoms with Crippen LogP contribution in [0.25, 0.3) is 0 Å². The van der Waals surface area contributed by atoms with E-state index >= 15 is 0 Å². The zero-order chi connectivity index (χ0) is 14.5. The predicted molar refractivity (Wildman–Crippen MR) is 73.8 cm³/mol. The highest BCUT2D eigenvalue weighted by Crippen LogP contribution is 2.30. The molecule has 110 valence electrons. The fraction of sp³-hybridized carbons (Fsp3) is 0.600. The zero-order valence-electron chi connectivity index (χ0n) is 11.8. The number of likely N-dealkylation sites (tertiary alicyclic amines) is 1. The molecule has 20 heavy (non-hydrogen) atoms.